The van der Waals surface area contributed by atoms with Crippen molar-refractivity contribution >= 4 is 5.78 Å². The number of hydrogen-bond donors (Lipinski definition) is 1. The second-order valence-electron chi connectivity index (χ2n) is 3.88. The molecule has 0 atom stereocenters. The highest BCUT2D eigenvalue weighted by Gasteiger charge is 2.06. The SMILES string of the molecule is CCO.Cc1ccc(C(=O)c2ccccc2)cc1. The Morgan fingerprint density at radius 3 is 1.89 bits per heavy atom. The van der Waals surface area contributed by atoms with Crippen molar-refractivity contribution in [1.82, 2.24) is 0 Å². The normalized spacial score (nSPS) is 9.28. The summed E-state index contributed by atoms with van der Waals surface area (Å²) in [5.41, 5.74) is 2.65. The molecule has 2 nitrogen and oxygen atoms in total. The molecule has 0 heterocycles. The topological polar surface area (TPSA) is 37.3 Å². The fourth-order valence-corrected chi connectivity index (χ4v) is 1.46. The van der Waals surface area contributed by atoms with Crippen molar-refractivity contribution in [1.29, 1.82) is 0 Å². The fourth-order valence-electron chi connectivity index (χ4n) is 1.46. The Labute approximate surface area is 108 Å². The first-order chi connectivity index (χ1) is 8.69. The van der Waals surface area contributed by atoms with Gasteiger partial charge in [0.2, 0.25) is 0 Å². The molecule has 0 saturated carbocycles. The highest BCUT2D eigenvalue weighted by atomic mass is 16.2. The number of aliphatic hydroxyl groups is 1. The second kappa shape index (κ2) is 7.41. The van der Waals surface area contributed by atoms with Crippen LogP contribution in [0.25, 0.3) is 0 Å². The first-order valence-electron chi connectivity index (χ1n) is 5.96. The number of ketones is 1. The minimum absolute atomic E-state index is 0.0793. The molecule has 1 N–H and O–H groups in total. The van der Waals surface area contributed by atoms with Crippen LogP contribution in [0.5, 0.6) is 0 Å². The third kappa shape index (κ3) is 4.15. The van der Waals surface area contributed by atoms with Crippen LogP contribution >= 0.6 is 0 Å². The number of benzene rings is 2. The van der Waals surface area contributed by atoms with Gasteiger partial charge in [0, 0.05) is 17.7 Å². The van der Waals surface area contributed by atoms with Gasteiger partial charge in [-0.15, -0.1) is 0 Å². The number of carbonyl (C=O) groups excluding carboxylic acids is 1. The van der Waals surface area contributed by atoms with Crippen molar-refractivity contribution < 1.29 is 9.90 Å². The van der Waals surface area contributed by atoms with Gasteiger partial charge in [0.1, 0.15) is 0 Å². The Morgan fingerprint density at radius 2 is 1.39 bits per heavy atom. The van der Waals surface area contributed by atoms with Crippen molar-refractivity contribution in [2.45, 2.75) is 13.8 Å². The van der Waals surface area contributed by atoms with E-state index in [0.717, 1.165) is 11.1 Å². The van der Waals surface area contributed by atoms with Gasteiger partial charge in [0.25, 0.3) is 0 Å². The molecular formula is C16H18O2. The van der Waals surface area contributed by atoms with Gasteiger partial charge in [-0.25, -0.2) is 0 Å². The van der Waals surface area contributed by atoms with Crippen LogP contribution in [0.1, 0.15) is 28.4 Å². The molecule has 0 aliphatic carbocycles. The monoisotopic (exact) mass is 242 g/mol. The molecule has 0 aromatic heterocycles. The first kappa shape index (κ1) is 14.1. The van der Waals surface area contributed by atoms with Crippen molar-refractivity contribution in [2.24, 2.45) is 0 Å². The predicted molar refractivity (Wildman–Crippen MR) is 73.8 cm³/mol. The van der Waals surface area contributed by atoms with Crippen LogP contribution in [-0.2, 0) is 0 Å². The molecule has 0 radical (unpaired) electrons. The zero-order valence-electron chi connectivity index (χ0n) is 10.8. The quantitative estimate of drug-likeness (QED) is 0.821. The van der Waals surface area contributed by atoms with Gasteiger partial charge in [-0.2, -0.15) is 0 Å². The van der Waals surface area contributed by atoms with Gasteiger partial charge in [-0.05, 0) is 13.8 Å². The fraction of sp³-hybridized carbons (Fsp3) is 0.188. The number of aryl methyl sites for hydroxylation is 1. The maximum atomic E-state index is 12.0. The summed E-state index contributed by atoms with van der Waals surface area (Å²) in [7, 11) is 0. The van der Waals surface area contributed by atoms with Gasteiger partial charge >= 0.3 is 0 Å². The van der Waals surface area contributed by atoms with Crippen molar-refractivity contribution in [3.8, 4) is 0 Å². The minimum Gasteiger partial charge on any atom is -0.397 e. The summed E-state index contributed by atoms with van der Waals surface area (Å²) < 4.78 is 0. The van der Waals surface area contributed by atoms with Crippen LogP contribution in [0.4, 0.5) is 0 Å². The first-order valence-corrected chi connectivity index (χ1v) is 5.96. The van der Waals surface area contributed by atoms with Gasteiger partial charge in [0.05, 0.1) is 0 Å². The van der Waals surface area contributed by atoms with Gasteiger partial charge < -0.3 is 5.11 Å². The lowest BCUT2D eigenvalue weighted by Crippen LogP contribution is -2.00. The van der Waals surface area contributed by atoms with Gasteiger partial charge in [-0.3, -0.25) is 4.79 Å². The Balaban J connectivity index is 0.000000492. The average Bonchev–Trinajstić information content (AvgIpc) is 2.41. The summed E-state index contributed by atoms with van der Waals surface area (Å²) in [6, 6.07) is 17.0. The van der Waals surface area contributed by atoms with E-state index < -0.39 is 0 Å². The van der Waals surface area contributed by atoms with E-state index in [-0.39, 0.29) is 12.4 Å². The summed E-state index contributed by atoms with van der Waals surface area (Å²) in [5.74, 6) is 0.0793. The zero-order chi connectivity index (χ0) is 13.4. The van der Waals surface area contributed by atoms with E-state index in [9.17, 15) is 4.79 Å². The minimum atomic E-state index is 0.0793. The van der Waals surface area contributed by atoms with Crippen LogP contribution in [0.15, 0.2) is 54.6 Å². The Kier molecular flexibility index (Phi) is 5.81. The standard InChI is InChI=1S/C14H12O.C2H6O/c1-11-7-9-13(10-8-11)14(15)12-5-3-2-4-6-12;1-2-3/h2-10H,1H3;3H,2H2,1H3. The molecule has 0 unspecified atom stereocenters. The largest absolute Gasteiger partial charge is 0.397 e. The molecule has 0 aliphatic rings. The summed E-state index contributed by atoms with van der Waals surface area (Å²) in [4.78, 5) is 12.0. The lowest BCUT2D eigenvalue weighted by molar-refractivity contribution is 0.103. The number of rotatable bonds is 2. The van der Waals surface area contributed by atoms with E-state index in [1.807, 2.05) is 61.5 Å². The van der Waals surface area contributed by atoms with Gasteiger partial charge in [-0.1, -0.05) is 60.2 Å². The molecule has 2 rings (SSSR count). The molecule has 2 heteroatoms. The molecule has 0 aliphatic heterocycles. The molecule has 0 fully saturated rings. The maximum Gasteiger partial charge on any atom is 0.193 e. The van der Waals surface area contributed by atoms with Crippen LogP contribution in [-0.4, -0.2) is 17.5 Å². The second-order valence-corrected chi connectivity index (χ2v) is 3.88. The number of aliphatic hydroxyl groups excluding tert-OH is 1. The summed E-state index contributed by atoms with van der Waals surface area (Å²) in [6.45, 7) is 3.94. The molecule has 0 spiro atoms. The smallest absolute Gasteiger partial charge is 0.193 e. The Hall–Kier alpha value is -1.93. The van der Waals surface area contributed by atoms with E-state index in [4.69, 9.17) is 5.11 Å². The maximum absolute atomic E-state index is 12.0. The summed E-state index contributed by atoms with van der Waals surface area (Å²) in [6.07, 6.45) is 0. The van der Waals surface area contributed by atoms with Gasteiger partial charge in [0.15, 0.2) is 5.78 Å². The molecule has 0 saturated heterocycles. The Morgan fingerprint density at radius 1 is 0.944 bits per heavy atom. The molecule has 0 amide bonds. The zero-order valence-corrected chi connectivity index (χ0v) is 10.8. The Bertz CT molecular complexity index is 472. The third-order valence-electron chi connectivity index (χ3n) is 2.35. The molecule has 18 heavy (non-hydrogen) atoms. The highest BCUT2D eigenvalue weighted by molar-refractivity contribution is 6.08. The van der Waals surface area contributed by atoms with E-state index in [2.05, 4.69) is 0 Å². The van der Waals surface area contributed by atoms with Crippen LogP contribution in [0.3, 0.4) is 0 Å². The van der Waals surface area contributed by atoms with E-state index in [1.165, 1.54) is 5.56 Å². The van der Waals surface area contributed by atoms with Crippen LogP contribution in [0.2, 0.25) is 0 Å². The highest BCUT2D eigenvalue weighted by Crippen LogP contribution is 2.10. The average molecular weight is 242 g/mol. The molecule has 0 bridgehead atoms. The third-order valence-corrected chi connectivity index (χ3v) is 2.35. The lowest BCUT2D eigenvalue weighted by atomic mass is 10.0. The van der Waals surface area contributed by atoms with Crippen molar-refractivity contribution in [2.75, 3.05) is 6.61 Å². The number of carbonyl (C=O) groups is 1. The van der Waals surface area contributed by atoms with Crippen molar-refractivity contribution in [3.05, 3.63) is 71.3 Å². The van der Waals surface area contributed by atoms with Crippen LogP contribution in [0, 0.1) is 6.92 Å². The summed E-state index contributed by atoms with van der Waals surface area (Å²) >= 11 is 0. The summed E-state index contributed by atoms with van der Waals surface area (Å²) in [5, 5.41) is 7.57. The predicted octanol–water partition coefficient (Wildman–Crippen LogP) is 3.22. The molecule has 2 aromatic rings. The van der Waals surface area contributed by atoms with Crippen LogP contribution < -0.4 is 0 Å². The molecule has 94 valence electrons. The lowest BCUT2D eigenvalue weighted by Gasteiger charge is -2.00. The van der Waals surface area contributed by atoms with E-state index >= 15 is 0 Å². The molecular weight excluding hydrogens is 224 g/mol. The van der Waals surface area contributed by atoms with E-state index in [0.29, 0.717) is 0 Å². The molecule has 2 aromatic carbocycles. The number of hydrogen-bond acceptors (Lipinski definition) is 2. The van der Waals surface area contributed by atoms with Crippen molar-refractivity contribution in [3.63, 3.8) is 0 Å². The van der Waals surface area contributed by atoms with E-state index in [1.54, 1.807) is 6.92 Å².